The van der Waals surface area contributed by atoms with Gasteiger partial charge < -0.3 is 15.2 Å². The number of rotatable bonds is 5. The minimum Gasteiger partial charge on any atom is -0.492 e. The lowest BCUT2D eigenvalue weighted by Gasteiger charge is -2.19. The lowest BCUT2D eigenvalue weighted by Crippen LogP contribution is -2.29. The first-order valence-corrected chi connectivity index (χ1v) is 9.71. The standard InChI is InChI=1S/C22H26N2O3/c25-15-16-4-7-21-19(12-16)14-24(10-11-27-21)9-8-22(26)23-20-6-5-17-2-1-3-18(17)13-20/h4-7,12-13,25H,1-3,8-11,14-15H2,(H,23,26). The van der Waals surface area contributed by atoms with Crippen molar-refractivity contribution >= 4 is 11.6 Å². The van der Waals surface area contributed by atoms with Crippen molar-refractivity contribution in [1.29, 1.82) is 0 Å². The number of nitrogens with one attached hydrogen (secondary N) is 1. The largest absolute Gasteiger partial charge is 0.492 e. The average molecular weight is 366 g/mol. The van der Waals surface area contributed by atoms with E-state index in [2.05, 4.69) is 22.3 Å². The zero-order chi connectivity index (χ0) is 18.6. The molecule has 0 fully saturated rings. The third-order valence-corrected chi connectivity index (χ3v) is 5.40. The van der Waals surface area contributed by atoms with Crippen LogP contribution in [-0.2, 0) is 30.8 Å². The summed E-state index contributed by atoms with van der Waals surface area (Å²) in [5, 5.41) is 12.4. The smallest absolute Gasteiger partial charge is 0.225 e. The quantitative estimate of drug-likeness (QED) is 0.854. The molecule has 5 heteroatoms. The van der Waals surface area contributed by atoms with Gasteiger partial charge in [-0.3, -0.25) is 9.69 Å². The molecular weight excluding hydrogens is 340 g/mol. The lowest BCUT2D eigenvalue weighted by molar-refractivity contribution is -0.116. The fourth-order valence-corrected chi connectivity index (χ4v) is 3.92. The maximum Gasteiger partial charge on any atom is 0.225 e. The van der Waals surface area contributed by atoms with Crippen molar-refractivity contribution < 1.29 is 14.6 Å². The Morgan fingerprint density at radius 3 is 2.89 bits per heavy atom. The molecule has 0 spiro atoms. The molecule has 2 aromatic rings. The molecule has 0 unspecified atom stereocenters. The van der Waals surface area contributed by atoms with Gasteiger partial charge in [0.2, 0.25) is 5.91 Å². The molecule has 27 heavy (non-hydrogen) atoms. The number of carbonyl (C=O) groups is 1. The van der Waals surface area contributed by atoms with Gasteiger partial charge in [0.05, 0.1) is 6.61 Å². The zero-order valence-corrected chi connectivity index (χ0v) is 15.5. The number of anilines is 1. The summed E-state index contributed by atoms with van der Waals surface area (Å²) in [6.45, 7) is 2.84. The van der Waals surface area contributed by atoms with E-state index in [0.29, 0.717) is 19.6 Å². The maximum atomic E-state index is 12.4. The number of aryl methyl sites for hydroxylation is 2. The number of benzene rings is 2. The van der Waals surface area contributed by atoms with E-state index in [-0.39, 0.29) is 12.5 Å². The number of hydrogen-bond acceptors (Lipinski definition) is 4. The first-order chi connectivity index (χ1) is 13.2. The SMILES string of the molecule is O=C(CCN1CCOc2ccc(CO)cc2C1)Nc1ccc2c(c1)CCC2. The van der Waals surface area contributed by atoms with Gasteiger partial charge in [0.25, 0.3) is 0 Å². The van der Waals surface area contributed by atoms with Crippen LogP contribution in [0.1, 0.15) is 35.1 Å². The molecule has 1 heterocycles. The van der Waals surface area contributed by atoms with E-state index < -0.39 is 0 Å². The van der Waals surface area contributed by atoms with Crippen LogP contribution >= 0.6 is 0 Å². The number of ether oxygens (including phenoxy) is 1. The van der Waals surface area contributed by atoms with E-state index in [0.717, 1.165) is 48.5 Å². The number of aliphatic hydroxyl groups is 1. The van der Waals surface area contributed by atoms with Gasteiger partial charge in [-0.15, -0.1) is 0 Å². The maximum absolute atomic E-state index is 12.4. The highest BCUT2D eigenvalue weighted by Gasteiger charge is 2.17. The Morgan fingerprint density at radius 2 is 2.00 bits per heavy atom. The van der Waals surface area contributed by atoms with E-state index >= 15 is 0 Å². The van der Waals surface area contributed by atoms with Crippen molar-refractivity contribution in [3.63, 3.8) is 0 Å². The number of hydrogen-bond donors (Lipinski definition) is 2. The molecule has 2 aliphatic rings. The summed E-state index contributed by atoms with van der Waals surface area (Å²) in [4.78, 5) is 14.6. The zero-order valence-electron chi connectivity index (χ0n) is 15.5. The van der Waals surface area contributed by atoms with Crippen LogP contribution in [-0.4, -0.2) is 35.6 Å². The molecule has 4 rings (SSSR count). The normalized spacial score (nSPS) is 16.2. The van der Waals surface area contributed by atoms with E-state index in [4.69, 9.17) is 4.74 Å². The molecule has 1 aliphatic heterocycles. The van der Waals surface area contributed by atoms with Gasteiger partial charge in [-0.25, -0.2) is 0 Å². The van der Waals surface area contributed by atoms with Crippen LogP contribution in [0.4, 0.5) is 5.69 Å². The molecule has 0 bridgehead atoms. The molecule has 0 saturated heterocycles. The minimum atomic E-state index is 0.0243. The summed E-state index contributed by atoms with van der Waals surface area (Å²) in [6.07, 6.45) is 3.93. The Balaban J connectivity index is 1.33. The average Bonchev–Trinajstić information content (AvgIpc) is 3.04. The molecule has 0 radical (unpaired) electrons. The van der Waals surface area contributed by atoms with Crippen molar-refractivity contribution in [2.24, 2.45) is 0 Å². The van der Waals surface area contributed by atoms with Crippen molar-refractivity contribution in [2.75, 3.05) is 25.0 Å². The fraction of sp³-hybridized carbons (Fsp3) is 0.409. The van der Waals surface area contributed by atoms with Gasteiger partial charge in [0.1, 0.15) is 12.4 Å². The number of nitrogens with zero attached hydrogens (tertiary/aromatic N) is 1. The van der Waals surface area contributed by atoms with Crippen LogP contribution in [0.5, 0.6) is 5.75 Å². The van der Waals surface area contributed by atoms with Gasteiger partial charge in [-0.05, 0) is 60.2 Å². The van der Waals surface area contributed by atoms with Gasteiger partial charge in [-0.2, -0.15) is 0 Å². The monoisotopic (exact) mass is 366 g/mol. The van der Waals surface area contributed by atoms with Crippen LogP contribution in [0.25, 0.3) is 0 Å². The van der Waals surface area contributed by atoms with Crippen molar-refractivity contribution in [3.05, 3.63) is 58.7 Å². The Hall–Kier alpha value is -2.37. The summed E-state index contributed by atoms with van der Waals surface area (Å²) < 4.78 is 5.80. The first-order valence-electron chi connectivity index (χ1n) is 9.71. The summed E-state index contributed by atoms with van der Waals surface area (Å²) in [7, 11) is 0. The second-order valence-corrected chi connectivity index (χ2v) is 7.36. The Bertz CT molecular complexity index is 834. The second kappa shape index (κ2) is 8.11. The molecule has 2 N–H and O–H groups in total. The summed E-state index contributed by atoms with van der Waals surface area (Å²) in [5.74, 6) is 0.916. The number of carbonyl (C=O) groups excluding carboxylic acids is 1. The van der Waals surface area contributed by atoms with Crippen LogP contribution in [0.15, 0.2) is 36.4 Å². The van der Waals surface area contributed by atoms with E-state index in [1.165, 1.54) is 17.5 Å². The van der Waals surface area contributed by atoms with Crippen LogP contribution in [0.3, 0.4) is 0 Å². The third-order valence-electron chi connectivity index (χ3n) is 5.40. The van der Waals surface area contributed by atoms with Crippen molar-refractivity contribution in [3.8, 4) is 5.75 Å². The second-order valence-electron chi connectivity index (χ2n) is 7.36. The Labute approximate surface area is 160 Å². The highest BCUT2D eigenvalue weighted by Crippen LogP contribution is 2.26. The van der Waals surface area contributed by atoms with Crippen molar-refractivity contribution in [1.82, 2.24) is 4.90 Å². The predicted octanol–water partition coefficient (Wildman–Crippen LogP) is 2.89. The summed E-state index contributed by atoms with van der Waals surface area (Å²) in [5.41, 5.74) is 5.64. The van der Waals surface area contributed by atoms with E-state index in [1.54, 1.807) is 0 Å². The first kappa shape index (κ1) is 18.0. The molecule has 142 valence electrons. The molecule has 0 aromatic heterocycles. The minimum absolute atomic E-state index is 0.0243. The highest BCUT2D eigenvalue weighted by atomic mass is 16.5. The molecule has 1 aliphatic carbocycles. The van der Waals surface area contributed by atoms with Gasteiger partial charge in [0, 0.05) is 37.3 Å². The summed E-state index contributed by atoms with van der Waals surface area (Å²) >= 11 is 0. The molecular formula is C22H26N2O3. The molecule has 1 amide bonds. The van der Waals surface area contributed by atoms with Gasteiger partial charge >= 0.3 is 0 Å². The number of fused-ring (bicyclic) bond motifs is 2. The molecule has 2 aromatic carbocycles. The predicted molar refractivity (Wildman–Crippen MR) is 105 cm³/mol. The van der Waals surface area contributed by atoms with Gasteiger partial charge in [-0.1, -0.05) is 12.1 Å². The highest BCUT2D eigenvalue weighted by molar-refractivity contribution is 5.91. The van der Waals surface area contributed by atoms with E-state index in [1.807, 2.05) is 24.3 Å². The molecule has 5 nitrogen and oxygen atoms in total. The Kier molecular flexibility index (Phi) is 5.41. The van der Waals surface area contributed by atoms with Crippen LogP contribution in [0, 0.1) is 0 Å². The fourth-order valence-electron chi connectivity index (χ4n) is 3.92. The van der Waals surface area contributed by atoms with Gasteiger partial charge in [0.15, 0.2) is 0 Å². The third kappa shape index (κ3) is 4.31. The number of aliphatic hydroxyl groups excluding tert-OH is 1. The Morgan fingerprint density at radius 1 is 1.11 bits per heavy atom. The summed E-state index contributed by atoms with van der Waals surface area (Å²) in [6, 6.07) is 12.1. The molecule has 0 atom stereocenters. The van der Waals surface area contributed by atoms with Crippen LogP contribution < -0.4 is 10.1 Å². The number of amides is 1. The van der Waals surface area contributed by atoms with Crippen molar-refractivity contribution in [2.45, 2.75) is 38.8 Å². The lowest BCUT2D eigenvalue weighted by atomic mass is 10.1. The van der Waals surface area contributed by atoms with Crippen LogP contribution in [0.2, 0.25) is 0 Å². The van der Waals surface area contributed by atoms with E-state index in [9.17, 15) is 9.90 Å². The topological polar surface area (TPSA) is 61.8 Å². The molecule has 0 saturated carbocycles.